The first-order valence-corrected chi connectivity index (χ1v) is 16.5. The lowest BCUT2D eigenvalue weighted by molar-refractivity contribution is 0.00384. The molecule has 4 N–H and O–H groups in total. The van der Waals surface area contributed by atoms with Crippen molar-refractivity contribution in [3.63, 3.8) is 0 Å². The molecule has 0 aliphatic heterocycles. The number of benzene rings is 2. The summed E-state index contributed by atoms with van der Waals surface area (Å²) in [5.41, 5.74) is 17.9. The van der Waals surface area contributed by atoms with Gasteiger partial charge in [-0.2, -0.15) is 0 Å². The van der Waals surface area contributed by atoms with Gasteiger partial charge in [0, 0.05) is 41.0 Å². The molecule has 2 aliphatic rings. The predicted octanol–water partition coefficient (Wildman–Crippen LogP) is 10.6. The Labute approximate surface area is 267 Å². The molecule has 2 unspecified atom stereocenters. The zero-order valence-corrected chi connectivity index (χ0v) is 28.7. The average molecular weight is 597 g/mol. The van der Waals surface area contributed by atoms with Gasteiger partial charge in [0.05, 0.1) is 0 Å². The first kappa shape index (κ1) is 33.5. The normalized spacial score (nSPS) is 23.2. The second-order valence-corrected chi connectivity index (χ2v) is 15.1. The van der Waals surface area contributed by atoms with E-state index in [0.29, 0.717) is 5.92 Å². The lowest BCUT2D eigenvalue weighted by atomic mass is 9.63. The fourth-order valence-electron chi connectivity index (χ4n) is 6.62. The zero-order chi connectivity index (χ0) is 32.3. The first-order valence-electron chi connectivity index (χ1n) is 16.5. The van der Waals surface area contributed by atoms with Crippen molar-refractivity contribution in [1.29, 1.82) is 0 Å². The van der Waals surface area contributed by atoms with Gasteiger partial charge in [-0.1, -0.05) is 102 Å². The largest absolute Gasteiger partial charge is 0.482 e. The SMILES string of the molecule is CCCCCC(C1=C(C)C=CC(Oc2ccc(N)cc2)(C(C)(C)C)C1)C1=C(C)C=CC(Oc2ccc(N)cc2)(C(C)(C)C)C1. The van der Waals surface area contributed by atoms with Crippen LogP contribution in [0.3, 0.4) is 0 Å². The van der Waals surface area contributed by atoms with Crippen LogP contribution in [0.4, 0.5) is 11.4 Å². The zero-order valence-electron chi connectivity index (χ0n) is 28.7. The van der Waals surface area contributed by atoms with Gasteiger partial charge in [-0.15, -0.1) is 0 Å². The number of allylic oxidation sites excluding steroid dienone is 4. The maximum Gasteiger partial charge on any atom is 0.136 e. The molecule has 4 heteroatoms. The highest BCUT2D eigenvalue weighted by atomic mass is 16.5. The number of nitrogens with two attached hydrogens (primary N) is 2. The van der Waals surface area contributed by atoms with Crippen molar-refractivity contribution < 1.29 is 9.47 Å². The van der Waals surface area contributed by atoms with Gasteiger partial charge in [0.15, 0.2) is 0 Å². The van der Waals surface area contributed by atoms with Crippen LogP contribution in [0.25, 0.3) is 0 Å². The summed E-state index contributed by atoms with van der Waals surface area (Å²) in [6.07, 6.45) is 15.6. The van der Waals surface area contributed by atoms with Crippen LogP contribution < -0.4 is 20.9 Å². The summed E-state index contributed by atoms with van der Waals surface area (Å²) in [6, 6.07) is 15.6. The highest BCUT2D eigenvalue weighted by Gasteiger charge is 2.49. The third-order valence-electron chi connectivity index (χ3n) is 9.96. The van der Waals surface area contributed by atoms with Crippen LogP contribution in [-0.2, 0) is 0 Å². The summed E-state index contributed by atoms with van der Waals surface area (Å²) in [6.45, 7) is 20.6. The lowest BCUT2D eigenvalue weighted by Crippen LogP contribution is -2.50. The Morgan fingerprint density at radius 1 is 0.659 bits per heavy atom. The number of hydrogen-bond acceptors (Lipinski definition) is 4. The molecule has 238 valence electrons. The van der Waals surface area contributed by atoms with Gasteiger partial charge in [-0.05, 0) is 81.0 Å². The van der Waals surface area contributed by atoms with E-state index in [1.807, 2.05) is 48.5 Å². The molecule has 2 aliphatic carbocycles. The van der Waals surface area contributed by atoms with Crippen LogP contribution in [0.1, 0.15) is 101 Å². The van der Waals surface area contributed by atoms with Crippen molar-refractivity contribution in [2.75, 3.05) is 11.5 Å². The minimum Gasteiger partial charge on any atom is -0.482 e. The van der Waals surface area contributed by atoms with Crippen molar-refractivity contribution in [3.05, 3.63) is 95.1 Å². The van der Waals surface area contributed by atoms with Gasteiger partial charge in [0.2, 0.25) is 0 Å². The first-order chi connectivity index (χ1) is 20.6. The van der Waals surface area contributed by atoms with Crippen molar-refractivity contribution in [3.8, 4) is 11.5 Å². The predicted molar refractivity (Wildman–Crippen MR) is 188 cm³/mol. The topological polar surface area (TPSA) is 70.5 Å². The molecule has 0 saturated heterocycles. The molecule has 0 aromatic heterocycles. The number of hydrogen-bond donors (Lipinski definition) is 2. The molecular formula is C40H56N2O2. The molecule has 0 radical (unpaired) electrons. The number of anilines is 2. The van der Waals surface area contributed by atoms with Crippen molar-refractivity contribution in [2.24, 2.45) is 16.7 Å². The summed E-state index contributed by atoms with van der Waals surface area (Å²) in [4.78, 5) is 0. The van der Waals surface area contributed by atoms with Gasteiger partial charge in [-0.25, -0.2) is 0 Å². The van der Waals surface area contributed by atoms with Crippen LogP contribution in [0.5, 0.6) is 11.5 Å². The lowest BCUT2D eigenvalue weighted by Gasteiger charge is -2.48. The Balaban J connectivity index is 1.77. The molecule has 0 saturated carbocycles. The Morgan fingerprint density at radius 3 is 1.39 bits per heavy atom. The van der Waals surface area contributed by atoms with Gasteiger partial charge in [0.25, 0.3) is 0 Å². The van der Waals surface area contributed by atoms with Crippen LogP contribution in [0.2, 0.25) is 0 Å². The van der Waals surface area contributed by atoms with Crippen molar-refractivity contribution in [1.82, 2.24) is 0 Å². The summed E-state index contributed by atoms with van der Waals surface area (Å²) in [5.74, 6) is 1.99. The smallest absolute Gasteiger partial charge is 0.136 e. The van der Waals surface area contributed by atoms with Crippen LogP contribution in [0, 0.1) is 16.7 Å². The maximum atomic E-state index is 6.97. The van der Waals surface area contributed by atoms with E-state index in [9.17, 15) is 0 Å². The Bertz CT molecular complexity index is 1310. The molecule has 44 heavy (non-hydrogen) atoms. The molecule has 4 rings (SSSR count). The Kier molecular flexibility index (Phi) is 9.83. The third kappa shape index (κ3) is 7.11. The van der Waals surface area contributed by atoms with Crippen molar-refractivity contribution in [2.45, 2.75) is 112 Å². The minimum absolute atomic E-state index is 0.145. The molecule has 0 heterocycles. The second-order valence-electron chi connectivity index (χ2n) is 15.1. The second kappa shape index (κ2) is 12.9. The van der Waals surface area contributed by atoms with Gasteiger partial charge >= 0.3 is 0 Å². The number of ether oxygens (including phenoxy) is 2. The number of unbranched alkanes of at least 4 members (excludes halogenated alkanes) is 2. The van der Waals surface area contributed by atoms with E-state index in [0.717, 1.165) is 42.1 Å². The van der Waals surface area contributed by atoms with E-state index in [-0.39, 0.29) is 10.8 Å². The molecule has 0 fully saturated rings. The molecule has 4 nitrogen and oxygen atoms in total. The number of rotatable bonds is 10. The van der Waals surface area contributed by atoms with Gasteiger partial charge < -0.3 is 20.9 Å². The molecule has 0 amide bonds. The van der Waals surface area contributed by atoms with E-state index < -0.39 is 11.2 Å². The fraction of sp³-hybridized carbons (Fsp3) is 0.500. The minimum atomic E-state index is -0.498. The van der Waals surface area contributed by atoms with Gasteiger partial charge in [0.1, 0.15) is 22.7 Å². The Morgan fingerprint density at radius 2 is 1.05 bits per heavy atom. The molecule has 2 atom stereocenters. The van der Waals surface area contributed by atoms with Crippen LogP contribution in [0.15, 0.2) is 95.1 Å². The standard InChI is InChI=1S/C40H56N2O2/c1-10-11-12-13-34(35-26-39(37(4,5)6,24-22-28(35)2)43-32-18-14-30(41)15-19-32)36-27-40(38(7,8)9,25-23-29(36)3)44-33-20-16-31(42)17-21-33/h14-25,34H,10-13,26-27,41-42H2,1-9H3. The molecule has 2 aromatic carbocycles. The van der Waals surface area contributed by atoms with Crippen molar-refractivity contribution >= 4 is 11.4 Å². The fourth-order valence-corrected chi connectivity index (χ4v) is 6.62. The molecule has 0 spiro atoms. The summed E-state index contributed by atoms with van der Waals surface area (Å²) < 4.78 is 13.9. The van der Waals surface area contributed by atoms with E-state index in [2.05, 4.69) is 86.6 Å². The average Bonchev–Trinajstić information content (AvgIpc) is 2.95. The molecule has 0 bridgehead atoms. The van der Waals surface area contributed by atoms with E-state index in [1.54, 1.807) is 0 Å². The molecule has 2 aromatic rings. The summed E-state index contributed by atoms with van der Waals surface area (Å²) >= 11 is 0. The number of nitrogen functional groups attached to an aromatic ring is 2. The van der Waals surface area contributed by atoms with E-state index in [1.165, 1.54) is 41.6 Å². The Hall–Kier alpha value is -3.40. The van der Waals surface area contributed by atoms with E-state index >= 15 is 0 Å². The van der Waals surface area contributed by atoms with E-state index in [4.69, 9.17) is 20.9 Å². The summed E-state index contributed by atoms with van der Waals surface area (Å²) in [5, 5.41) is 0. The highest BCUT2D eigenvalue weighted by Crippen LogP contribution is 2.51. The summed E-state index contributed by atoms with van der Waals surface area (Å²) in [7, 11) is 0. The van der Waals surface area contributed by atoms with Gasteiger partial charge in [-0.3, -0.25) is 0 Å². The molecular weight excluding hydrogens is 540 g/mol. The quantitative estimate of drug-likeness (QED) is 0.211. The highest BCUT2D eigenvalue weighted by molar-refractivity contribution is 5.47. The van der Waals surface area contributed by atoms with Crippen LogP contribution in [-0.4, -0.2) is 11.2 Å². The third-order valence-corrected chi connectivity index (χ3v) is 9.96. The maximum absolute atomic E-state index is 6.97. The monoisotopic (exact) mass is 596 g/mol. The van der Waals surface area contributed by atoms with Crippen LogP contribution >= 0.6 is 0 Å².